The van der Waals surface area contributed by atoms with Crippen molar-refractivity contribution < 1.29 is 0 Å². The van der Waals surface area contributed by atoms with E-state index in [4.69, 9.17) is 39.9 Å². The third-order valence-corrected chi connectivity index (χ3v) is 27.1. The first-order valence-electron chi connectivity index (χ1n) is 46.9. The fraction of sp³-hybridized carbons (Fsp3) is 0. The third kappa shape index (κ3) is 14.6. The van der Waals surface area contributed by atoms with Crippen LogP contribution in [0.15, 0.2) is 474 Å². The van der Waals surface area contributed by atoms with Crippen LogP contribution in [-0.4, -0.2) is 59.8 Å². The largest absolute Gasteiger partial charge is 0.256 e. The van der Waals surface area contributed by atoms with Crippen LogP contribution in [0.25, 0.3) is 275 Å². The summed E-state index contributed by atoms with van der Waals surface area (Å²) in [5.41, 5.74) is 31.6. The van der Waals surface area contributed by atoms with Crippen LogP contribution < -0.4 is 0 Å². The standard InChI is InChI=1S/C44H26N4.C44H28N4.C40H24N4/c1-2-11-31-30(10-1)36-25-28(38-15-7-16-41(47-38)40-14-5-6-23-45-40)18-20-32(36)33-21-19-29(26-37(31)33)42-34-12-3-4-13-39(34)48-44-35(42)22-17-27-9-8-24-46-43(27)44;1-2-12-41-37(9-1)42(38-22-21-33-8-7-25-47-43(33)44(38)48-41)32-19-17-30(18-20-32)29-13-15-31(16-14-29)34-26-35(39-10-3-5-23-45-39)28-36(27-34)40-11-4-6-24-46-40;1-3-14-28-26(12-1)36(35-20-9-19-34(43-35)33-18-7-8-23-41-33)27-13-2-4-15-29(27)37(28)38-30-16-5-6-17-32(30)44-40-31(38)22-21-25-11-10-24-42-39(25)40/h1-26H;1-28H;1-24H. The molecule has 12 aromatic heterocycles. The molecule has 0 spiro atoms. The van der Waals surface area contributed by atoms with E-state index in [0.29, 0.717) is 0 Å². The SMILES string of the molecule is c1ccc(-c2cc(-c3ccc(-c4ccc(-c5c6ccccc6nc6c5ccc5cccnc56)cc4)cc3)cc(-c3ccccn3)c2)nc1.c1ccc(-c2cccc(-c3c4ccccc4c(-c4c5ccccc5nc5c4ccc4cccnc45)c4ccccc34)n2)nc1.c1ccc(-c2cccc(-c3ccc4c5ccc(-c6c7ccccc7nc7c6ccc6cccnc67)cc5c5ccccc5c4c3)n2)nc1. The lowest BCUT2D eigenvalue weighted by Crippen LogP contribution is -1.96. The minimum absolute atomic E-state index is 0.853. The summed E-state index contributed by atoms with van der Waals surface area (Å²) in [6, 6.07) is 151. The molecule has 28 rings (SSSR count). The molecule has 0 saturated carbocycles. The van der Waals surface area contributed by atoms with Gasteiger partial charge in [0, 0.05) is 131 Å². The molecule has 16 aromatic carbocycles. The van der Waals surface area contributed by atoms with Crippen molar-refractivity contribution in [1.29, 1.82) is 0 Å². The van der Waals surface area contributed by atoms with Crippen LogP contribution in [0.3, 0.4) is 0 Å². The molecule has 650 valence electrons. The van der Waals surface area contributed by atoms with Crippen molar-refractivity contribution in [2.45, 2.75) is 0 Å². The van der Waals surface area contributed by atoms with Gasteiger partial charge in [0.05, 0.1) is 95.2 Å². The predicted octanol–water partition coefficient (Wildman–Crippen LogP) is 32.3. The molecule has 0 radical (unpaired) electrons. The summed E-state index contributed by atoms with van der Waals surface area (Å²) in [4.78, 5) is 58.1. The molecule has 12 nitrogen and oxygen atoms in total. The molecule has 12 heteroatoms. The summed E-state index contributed by atoms with van der Waals surface area (Å²) < 4.78 is 0. The van der Waals surface area contributed by atoms with Crippen molar-refractivity contribution in [2.75, 3.05) is 0 Å². The Morgan fingerprint density at radius 2 is 0.407 bits per heavy atom. The van der Waals surface area contributed by atoms with Crippen molar-refractivity contribution in [3.05, 3.63) is 474 Å². The van der Waals surface area contributed by atoms with Gasteiger partial charge in [-0.3, -0.25) is 34.9 Å². The second kappa shape index (κ2) is 34.8. The molecular formula is C128H78N12. The molecule has 0 saturated heterocycles. The van der Waals surface area contributed by atoms with Gasteiger partial charge >= 0.3 is 0 Å². The van der Waals surface area contributed by atoms with Gasteiger partial charge in [-0.15, -0.1) is 0 Å². The van der Waals surface area contributed by atoms with Gasteiger partial charge in [-0.05, 0) is 232 Å². The van der Waals surface area contributed by atoms with E-state index in [9.17, 15) is 0 Å². The van der Waals surface area contributed by atoms with E-state index >= 15 is 0 Å². The second-order valence-corrected chi connectivity index (χ2v) is 35.2. The zero-order chi connectivity index (χ0) is 92.5. The number of nitrogens with zero attached hydrogens (tertiary/aromatic N) is 12. The highest BCUT2D eigenvalue weighted by molar-refractivity contribution is 6.30. The van der Waals surface area contributed by atoms with Crippen LogP contribution in [0.2, 0.25) is 0 Å². The Balaban J connectivity index is 0.000000108. The Morgan fingerprint density at radius 3 is 0.850 bits per heavy atom. The van der Waals surface area contributed by atoms with Crippen LogP contribution in [0, 0.1) is 0 Å². The van der Waals surface area contributed by atoms with Crippen LogP contribution in [0.5, 0.6) is 0 Å². The number of fused-ring (bicyclic) bond motifs is 20. The van der Waals surface area contributed by atoms with Crippen LogP contribution >= 0.6 is 0 Å². The number of hydrogen-bond donors (Lipinski definition) is 0. The molecule has 140 heavy (non-hydrogen) atoms. The van der Waals surface area contributed by atoms with Gasteiger partial charge < -0.3 is 0 Å². The number of hydrogen-bond acceptors (Lipinski definition) is 12. The van der Waals surface area contributed by atoms with E-state index in [2.05, 4.69) is 341 Å². The van der Waals surface area contributed by atoms with Crippen molar-refractivity contribution >= 4 is 152 Å². The van der Waals surface area contributed by atoms with Gasteiger partial charge in [0.25, 0.3) is 0 Å². The highest BCUT2D eigenvalue weighted by atomic mass is 14.8. The van der Waals surface area contributed by atoms with E-state index in [-0.39, 0.29) is 0 Å². The molecular weight excluding hydrogens is 1710 g/mol. The maximum atomic E-state index is 5.18. The maximum absolute atomic E-state index is 5.18. The first-order valence-corrected chi connectivity index (χ1v) is 46.9. The fourth-order valence-corrected chi connectivity index (χ4v) is 20.6. The Morgan fingerprint density at radius 1 is 0.114 bits per heavy atom. The summed E-state index contributed by atoms with van der Waals surface area (Å²) in [5.74, 6) is 0. The van der Waals surface area contributed by atoms with E-state index in [1.807, 2.05) is 146 Å². The number of para-hydroxylation sites is 3. The molecule has 0 N–H and O–H groups in total. The van der Waals surface area contributed by atoms with Gasteiger partial charge in [-0.25, -0.2) is 24.9 Å². The zero-order valence-corrected chi connectivity index (χ0v) is 75.4. The Labute approximate surface area is 803 Å². The summed E-state index contributed by atoms with van der Waals surface area (Å²) in [6.07, 6.45) is 12.8. The Hall–Kier alpha value is -19.0. The van der Waals surface area contributed by atoms with Crippen molar-refractivity contribution in [2.24, 2.45) is 0 Å². The van der Waals surface area contributed by atoms with Crippen LogP contribution in [0.4, 0.5) is 0 Å². The summed E-state index contributed by atoms with van der Waals surface area (Å²) in [5, 5.41) is 21.9. The van der Waals surface area contributed by atoms with Gasteiger partial charge in [0.2, 0.25) is 0 Å². The van der Waals surface area contributed by atoms with Crippen LogP contribution in [0.1, 0.15) is 0 Å². The number of rotatable bonds is 11. The average molecular weight is 1780 g/mol. The van der Waals surface area contributed by atoms with E-state index in [1.54, 1.807) is 6.20 Å². The molecule has 12 heterocycles. The predicted molar refractivity (Wildman–Crippen MR) is 578 cm³/mol. The first-order chi connectivity index (χ1) is 69.4. The second-order valence-electron chi connectivity index (χ2n) is 35.2. The smallest absolute Gasteiger partial charge is 0.0978 e. The lowest BCUT2D eigenvalue weighted by Gasteiger charge is -2.20. The van der Waals surface area contributed by atoms with E-state index < -0.39 is 0 Å². The molecule has 28 aromatic rings. The van der Waals surface area contributed by atoms with Crippen LogP contribution in [-0.2, 0) is 0 Å². The molecule has 0 amide bonds. The molecule has 0 fully saturated rings. The van der Waals surface area contributed by atoms with Crippen molar-refractivity contribution in [3.8, 4) is 123 Å². The fourth-order valence-electron chi connectivity index (χ4n) is 20.6. The number of pyridine rings is 12. The minimum Gasteiger partial charge on any atom is -0.256 e. The number of benzene rings is 16. The van der Waals surface area contributed by atoms with Crippen molar-refractivity contribution in [3.63, 3.8) is 0 Å². The highest BCUT2D eigenvalue weighted by Crippen LogP contribution is 2.50. The van der Waals surface area contributed by atoms with Gasteiger partial charge in [0.15, 0.2) is 0 Å². The highest BCUT2D eigenvalue weighted by Gasteiger charge is 2.25. The number of aromatic nitrogens is 12. The van der Waals surface area contributed by atoms with E-state index in [0.717, 1.165) is 210 Å². The monoisotopic (exact) mass is 1780 g/mol. The lowest BCUT2D eigenvalue weighted by atomic mass is 9.84. The third-order valence-electron chi connectivity index (χ3n) is 27.1. The van der Waals surface area contributed by atoms with E-state index in [1.165, 1.54) is 65.3 Å². The van der Waals surface area contributed by atoms with Gasteiger partial charge in [-0.1, -0.05) is 291 Å². The summed E-state index contributed by atoms with van der Waals surface area (Å²) in [7, 11) is 0. The molecule has 0 bridgehead atoms. The van der Waals surface area contributed by atoms with Crippen molar-refractivity contribution in [1.82, 2.24) is 59.8 Å². The molecule has 0 aliphatic carbocycles. The minimum atomic E-state index is 0.853. The zero-order valence-electron chi connectivity index (χ0n) is 75.4. The molecule has 0 aliphatic rings. The van der Waals surface area contributed by atoms with Gasteiger partial charge in [-0.2, -0.15) is 0 Å². The normalized spacial score (nSPS) is 11.6. The quantitative estimate of drug-likeness (QED) is 0.0894. The topological polar surface area (TPSA) is 155 Å². The first kappa shape index (κ1) is 81.7. The molecule has 0 aliphatic heterocycles. The Bertz CT molecular complexity index is 9690. The maximum Gasteiger partial charge on any atom is 0.0978 e. The Kier molecular flexibility index (Phi) is 20.3. The molecule has 0 atom stereocenters. The lowest BCUT2D eigenvalue weighted by molar-refractivity contribution is 1.25. The molecule has 0 unspecified atom stereocenters. The summed E-state index contributed by atoms with van der Waals surface area (Å²) in [6.45, 7) is 0. The summed E-state index contributed by atoms with van der Waals surface area (Å²) >= 11 is 0. The average Bonchev–Trinajstić information content (AvgIpc) is 0.717. The van der Waals surface area contributed by atoms with Gasteiger partial charge in [0.1, 0.15) is 0 Å².